The van der Waals surface area contributed by atoms with Crippen LogP contribution in [0.1, 0.15) is 11.1 Å². The lowest BCUT2D eigenvalue weighted by Crippen LogP contribution is -1.93. The summed E-state index contributed by atoms with van der Waals surface area (Å²) < 4.78 is 10.8. The smallest absolute Gasteiger partial charge is 0.169 e. The second-order valence-electron chi connectivity index (χ2n) is 3.83. The molecule has 0 atom stereocenters. The molecule has 0 unspecified atom stereocenters. The van der Waals surface area contributed by atoms with Crippen LogP contribution in [-0.2, 0) is 0 Å². The zero-order chi connectivity index (χ0) is 14.5. The number of hydrogen-bond acceptors (Lipinski definition) is 4. The predicted molar refractivity (Wildman–Crippen MR) is 74.0 cm³/mol. The first-order chi connectivity index (χ1) is 9.67. The Hall–Kier alpha value is -2.69. The Balaban J connectivity index is 2.43. The van der Waals surface area contributed by atoms with Crippen LogP contribution in [-0.4, -0.2) is 7.11 Å². The molecule has 4 nitrogen and oxygen atoms in total. The highest BCUT2D eigenvalue weighted by molar-refractivity contribution is 6.30. The minimum absolute atomic E-state index is 0.336. The van der Waals surface area contributed by atoms with Crippen LogP contribution in [0.3, 0.4) is 0 Å². The summed E-state index contributed by atoms with van der Waals surface area (Å²) in [4.78, 5) is 0. The zero-order valence-corrected chi connectivity index (χ0v) is 11.3. The summed E-state index contributed by atoms with van der Waals surface area (Å²) in [5, 5.41) is 18.4. The third-order valence-corrected chi connectivity index (χ3v) is 2.81. The highest BCUT2D eigenvalue weighted by Gasteiger charge is 2.10. The fourth-order valence-electron chi connectivity index (χ4n) is 1.61. The van der Waals surface area contributed by atoms with Gasteiger partial charge in [0.1, 0.15) is 11.8 Å². The van der Waals surface area contributed by atoms with Gasteiger partial charge in [-0.25, -0.2) is 0 Å². The molecule has 0 saturated carbocycles. The SMILES string of the molecule is COc1cc(C#N)ccc1Oc1cc(Cl)ccc1C#N. The highest BCUT2D eigenvalue weighted by Crippen LogP contribution is 2.34. The average Bonchev–Trinajstić information content (AvgIpc) is 2.48. The van der Waals surface area contributed by atoms with Gasteiger partial charge in [-0.15, -0.1) is 0 Å². The third kappa shape index (κ3) is 2.83. The second kappa shape index (κ2) is 5.97. The van der Waals surface area contributed by atoms with Crippen LogP contribution in [0.15, 0.2) is 36.4 Å². The lowest BCUT2D eigenvalue weighted by Gasteiger charge is -2.11. The van der Waals surface area contributed by atoms with Crippen LogP contribution in [0.2, 0.25) is 5.02 Å². The molecule has 2 rings (SSSR count). The standard InChI is InChI=1S/C15H9ClN2O2/c1-19-15-6-10(8-17)2-5-13(15)20-14-7-12(16)4-3-11(14)9-18/h2-7H,1H3. The Kier molecular flexibility index (Phi) is 4.10. The maximum absolute atomic E-state index is 9.05. The first-order valence-corrected chi connectivity index (χ1v) is 6.01. The summed E-state index contributed by atoms with van der Waals surface area (Å²) in [5.41, 5.74) is 0.821. The summed E-state index contributed by atoms with van der Waals surface area (Å²) in [6.45, 7) is 0. The van der Waals surface area contributed by atoms with E-state index >= 15 is 0 Å². The van der Waals surface area contributed by atoms with Crippen molar-refractivity contribution in [3.05, 3.63) is 52.5 Å². The maximum atomic E-state index is 9.05. The van der Waals surface area contributed by atoms with Crippen molar-refractivity contribution in [2.45, 2.75) is 0 Å². The van der Waals surface area contributed by atoms with E-state index in [1.165, 1.54) is 7.11 Å². The Bertz CT molecular complexity index is 730. The van der Waals surface area contributed by atoms with Gasteiger partial charge in [0.25, 0.3) is 0 Å². The van der Waals surface area contributed by atoms with Crippen LogP contribution in [0.4, 0.5) is 0 Å². The van der Waals surface area contributed by atoms with E-state index in [0.29, 0.717) is 33.4 Å². The predicted octanol–water partition coefficient (Wildman–Crippen LogP) is 3.88. The van der Waals surface area contributed by atoms with E-state index in [1.807, 2.05) is 12.1 Å². The molecule has 2 aromatic rings. The number of hydrogen-bond donors (Lipinski definition) is 0. The van der Waals surface area contributed by atoms with Crippen molar-refractivity contribution in [1.82, 2.24) is 0 Å². The van der Waals surface area contributed by atoms with Gasteiger partial charge >= 0.3 is 0 Å². The molecular weight excluding hydrogens is 276 g/mol. The van der Waals surface area contributed by atoms with Gasteiger partial charge in [0.05, 0.1) is 24.3 Å². The molecular formula is C15H9ClN2O2. The van der Waals surface area contributed by atoms with Crippen molar-refractivity contribution in [2.75, 3.05) is 7.11 Å². The van der Waals surface area contributed by atoms with Crippen LogP contribution in [0.25, 0.3) is 0 Å². The number of benzene rings is 2. The number of ether oxygens (including phenoxy) is 2. The van der Waals surface area contributed by atoms with Crippen molar-refractivity contribution >= 4 is 11.6 Å². The topological polar surface area (TPSA) is 66.0 Å². The molecule has 0 bridgehead atoms. The van der Waals surface area contributed by atoms with Gasteiger partial charge in [0.2, 0.25) is 0 Å². The number of methoxy groups -OCH3 is 1. The van der Waals surface area contributed by atoms with E-state index in [9.17, 15) is 0 Å². The number of halogens is 1. The van der Waals surface area contributed by atoms with Gasteiger partial charge in [-0.1, -0.05) is 11.6 Å². The molecule has 0 amide bonds. The third-order valence-electron chi connectivity index (χ3n) is 2.58. The van der Waals surface area contributed by atoms with Gasteiger partial charge in [0.15, 0.2) is 11.5 Å². The summed E-state index contributed by atoms with van der Waals surface area (Å²) in [6, 6.07) is 13.6. The summed E-state index contributed by atoms with van der Waals surface area (Å²) >= 11 is 5.90. The first kappa shape index (κ1) is 13.7. The fourth-order valence-corrected chi connectivity index (χ4v) is 1.77. The largest absolute Gasteiger partial charge is 0.493 e. The molecule has 0 aliphatic heterocycles. The Morgan fingerprint density at radius 3 is 2.40 bits per heavy atom. The van der Waals surface area contributed by atoms with E-state index in [1.54, 1.807) is 36.4 Å². The minimum atomic E-state index is 0.336. The normalized spacial score (nSPS) is 9.40. The number of nitriles is 2. The van der Waals surface area contributed by atoms with E-state index in [-0.39, 0.29) is 0 Å². The van der Waals surface area contributed by atoms with Crippen molar-refractivity contribution in [2.24, 2.45) is 0 Å². The highest BCUT2D eigenvalue weighted by atomic mass is 35.5. The monoisotopic (exact) mass is 284 g/mol. The first-order valence-electron chi connectivity index (χ1n) is 5.63. The molecule has 2 aromatic carbocycles. The minimum Gasteiger partial charge on any atom is -0.493 e. The molecule has 98 valence electrons. The summed E-state index contributed by atoms with van der Waals surface area (Å²) in [5.74, 6) is 1.15. The summed E-state index contributed by atoms with van der Waals surface area (Å²) in [6.07, 6.45) is 0. The molecule has 20 heavy (non-hydrogen) atoms. The molecule has 0 heterocycles. The molecule has 0 spiro atoms. The number of nitrogens with zero attached hydrogens (tertiary/aromatic N) is 2. The van der Waals surface area contributed by atoms with Gasteiger partial charge in [-0.05, 0) is 24.3 Å². The molecule has 0 saturated heterocycles. The van der Waals surface area contributed by atoms with E-state index in [2.05, 4.69) is 0 Å². The lowest BCUT2D eigenvalue weighted by atomic mass is 10.2. The molecule has 5 heteroatoms. The fraction of sp³-hybridized carbons (Fsp3) is 0.0667. The average molecular weight is 285 g/mol. The van der Waals surface area contributed by atoms with Crippen molar-refractivity contribution in [3.63, 3.8) is 0 Å². The van der Waals surface area contributed by atoms with E-state index < -0.39 is 0 Å². The summed E-state index contributed by atoms with van der Waals surface area (Å²) in [7, 11) is 1.48. The molecule has 0 radical (unpaired) electrons. The van der Waals surface area contributed by atoms with Gasteiger partial charge in [0, 0.05) is 17.2 Å². The second-order valence-corrected chi connectivity index (χ2v) is 4.27. The molecule has 0 aliphatic rings. The van der Waals surface area contributed by atoms with Crippen molar-refractivity contribution in [1.29, 1.82) is 10.5 Å². The lowest BCUT2D eigenvalue weighted by molar-refractivity contribution is 0.378. The quantitative estimate of drug-likeness (QED) is 0.858. The van der Waals surface area contributed by atoms with Crippen LogP contribution in [0.5, 0.6) is 17.2 Å². The van der Waals surface area contributed by atoms with Crippen LogP contribution < -0.4 is 9.47 Å². The Morgan fingerprint density at radius 2 is 1.75 bits per heavy atom. The van der Waals surface area contributed by atoms with Gasteiger partial charge in [-0.3, -0.25) is 0 Å². The molecule has 0 N–H and O–H groups in total. The molecule has 0 fully saturated rings. The van der Waals surface area contributed by atoms with Crippen molar-refractivity contribution < 1.29 is 9.47 Å². The molecule has 0 aliphatic carbocycles. The van der Waals surface area contributed by atoms with E-state index in [0.717, 1.165) is 0 Å². The Morgan fingerprint density at radius 1 is 0.950 bits per heavy atom. The van der Waals surface area contributed by atoms with Crippen LogP contribution >= 0.6 is 11.6 Å². The van der Waals surface area contributed by atoms with Crippen LogP contribution in [0, 0.1) is 22.7 Å². The maximum Gasteiger partial charge on any atom is 0.169 e. The Labute approximate surface area is 121 Å². The van der Waals surface area contributed by atoms with Gasteiger partial charge < -0.3 is 9.47 Å². The molecule has 0 aromatic heterocycles. The van der Waals surface area contributed by atoms with E-state index in [4.69, 9.17) is 31.6 Å². The van der Waals surface area contributed by atoms with Crippen molar-refractivity contribution in [3.8, 4) is 29.4 Å². The number of rotatable bonds is 3. The zero-order valence-electron chi connectivity index (χ0n) is 10.6. The van der Waals surface area contributed by atoms with Gasteiger partial charge in [-0.2, -0.15) is 10.5 Å².